The van der Waals surface area contributed by atoms with Crippen molar-refractivity contribution in [3.63, 3.8) is 0 Å². The molecular weight excluding hydrogens is 426 g/mol. The van der Waals surface area contributed by atoms with Crippen LogP contribution in [0.2, 0.25) is 0 Å². The number of carbonyl (C=O) groups is 2. The summed E-state index contributed by atoms with van der Waals surface area (Å²) in [4.78, 5) is 27.3. The molecule has 2 heterocycles. The highest BCUT2D eigenvalue weighted by Crippen LogP contribution is 2.31. The second kappa shape index (κ2) is 9.71. The molecule has 3 N–H and O–H groups in total. The molecule has 2 aromatic carbocycles. The van der Waals surface area contributed by atoms with Crippen LogP contribution in [-0.4, -0.2) is 34.7 Å². The van der Waals surface area contributed by atoms with Crippen LogP contribution in [0.1, 0.15) is 53.8 Å². The van der Waals surface area contributed by atoms with Crippen molar-refractivity contribution in [1.82, 2.24) is 9.78 Å². The lowest BCUT2D eigenvalue weighted by Crippen LogP contribution is -2.38. The van der Waals surface area contributed by atoms with E-state index in [2.05, 4.69) is 10.2 Å². The minimum atomic E-state index is -0.226. The van der Waals surface area contributed by atoms with Gasteiger partial charge in [-0.25, -0.2) is 4.68 Å². The van der Waals surface area contributed by atoms with E-state index < -0.39 is 0 Å². The van der Waals surface area contributed by atoms with Crippen LogP contribution in [-0.2, 0) is 17.6 Å². The van der Waals surface area contributed by atoms with E-state index in [1.54, 1.807) is 0 Å². The average molecular weight is 458 g/mol. The number of aromatic nitrogens is 2. The van der Waals surface area contributed by atoms with Gasteiger partial charge in [0.15, 0.2) is 5.69 Å². The monoisotopic (exact) mass is 457 g/mol. The molecule has 34 heavy (non-hydrogen) atoms. The second-order valence-corrected chi connectivity index (χ2v) is 9.22. The van der Waals surface area contributed by atoms with Gasteiger partial charge >= 0.3 is 0 Å². The predicted molar refractivity (Wildman–Crippen MR) is 133 cm³/mol. The van der Waals surface area contributed by atoms with Gasteiger partial charge in [0, 0.05) is 30.3 Å². The van der Waals surface area contributed by atoms with Crippen molar-refractivity contribution in [3.8, 4) is 5.69 Å². The molecule has 176 valence electrons. The number of primary amides is 1. The molecular formula is C27H31N5O2. The highest BCUT2D eigenvalue weighted by atomic mass is 16.2. The number of hydrogen-bond donors (Lipinski definition) is 2. The van der Waals surface area contributed by atoms with E-state index in [-0.39, 0.29) is 17.7 Å². The SMILES string of the molecule is NC(=O)C1CCN(c2ccccc2NC(=O)c2nn(-c3ccccc3)c3c2CCCCC3)CC1. The van der Waals surface area contributed by atoms with Crippen molar-refractivity contribution in [3.05, 3.63) is 71.5 Å². The summed E-state index contributed by atoms with van der Waals surface area (Å²) in [5, 5.41) is 7.96. The maximum absolute atomic E-state index is 13.6. The molecule has 7 nitrogen and oxygen atoms in total. The van der Waals surface area contributed by atoms with Crippen LogP contribution in [0.4, 0.5) is 11.4 Å². The smallest absolute Gasteiger partial charge is 0.276 e. The molecule has 0 atom stereocenters. The molecule has 1 aliphatic heterocycles. The first kappa shape index (κ1) is 22.2. The fourth-order valence-corrected chi connectivity index (χ4v) is 5.18. The number of piperidine rings is 1. The molecule has 1 aliphatic carbocycles. The van der Waals surface area contributed by atoms with Crippen molar-refractivity contribution < 1.29 is 9.59 Å². The molecule has 5 rings (SSSR count). The Hall–Kier alpha value is -3.61. The molecule has 3 aromatic rings. The van der Waals surface area contributed by atoms with Crippen LogP contribution in [0.3, 0.4) is 0 Å². The van der Waals surface area contributed by atoms with E-state index in [4.69, 9.17) is 10.8 Å². The van der Waals surface area contributed by atoms with E-state index in [1.165, 1.54) is 0 Å². The molecule has 0 bridgehead atoms. The normalized spacial score (nSPS) is 16.5. The third-order valence-corrected chi connectivity index (χ3v) is 7.04. The van der Waals surface area contributed by atoms with Gasteiger partial charge in [0.05, 0.1) is 17.1 Å². The number of amides is 2. The molecule has 0 saturated carbocycles. The number of nitrogens with one attached hydrogen (secondary N) is 1. The Labute approximate surface area is 199 Å². The molecule has 1 aromatic heterocycles. The summed E-state index contributed by atoms with van der Waals surface area (Å²) in [7, 11) is 0. The predicted octanol–water partition coefficient (Wildman–Crippen LogP) is 4.10. The van der Waals surface area contributed by atoms with Gasteiger partial charge in [-0.2, -0.15) is 5.10 Å². The minimum Gasteiger partial charge on any atom is -0.370 e. The number of hydrogen-bond acceptors (Lipinski definition) is 4. The largest absolute Gasteiger partial charge is 0.370 e. The zero-order valence-corrected chi connectivity index (χ0v) is 19.4. The summed E-state index contributed by atoms with van der Waals surface area (Å²) in [6.07, 6.45) is 6.59. The van der Waals surface area contributed by atoms with E-state index in [0.717, 1.165) is 86.4 Å². The van der Waals surface area contributed by atoms with Crippen LogP contribution in [0.15, 0.2) is 54.6 Å². The molecule has 0 radical (unpaired) electrons. The molecule has 7 heteroatoms. The third kappa shape index (κ3) is 4.42. The highest BCUT2D eigenvalue weighted by Gasteiger charge is 2.27. The Balaban J connectivity index is 1.43. The lowest BCUT2D eigenvalue weighted by Gasteiger charge is -2.33. The number of carbonyl (C=O) groups excluding carboxylic acids is 2. The maximum Gasteiger partial charge on any atom is 0.276 e. The van der Waals surface area contributed by atoms with E-state index in [1.807, 2.05) is 59.3 Å². The first-order chi connectivity index (χ1) is 16.6. The van der Waals surface area contributed by atoms with Gasteiger partial charge in [0.25, 0.3) is 5.91 Å². The number of benzene rings is 2. The quantitative estimate of drug-likeness (QED) is 0.564. The number of rotatable bonds is 5. The topological polar surface area (TPSA) is 93.2 Å². The lowest BCUT2D eigenvalue weighted by molar-refractivity contribution is -0.122. The molecule has 2 amide bonds. The molecule has 0 unspecified atom stereocenters. The first-order valence-corrected chi connectivity index (χ1v) is 12.2. The third-order valence-electron chi connectivity index (χ3n) is 7.04. The summed E-state index contributed by atoms with van der Waals surface area (Å²) in [6.45, 7) is 1.47. The van der Waals surface area contributed by atoms with Gasteiger partial charge in [0.2, 0.25) is 5.91 Å². The summed E-state index contributed by atoms with van der Waals surface area (Å²) in [5.41, 5.74) is 10.9. The van der Waals surface area contributed by atoms with Gasteiger partial charge in [-0.15, -0.1) is 0 Å². The first-order valence-electron chi connectivity index (χ1n) is 12.2. The number of fused-ring (bicyclic) bond motifs is 1. The fraction of sp³-hybridized carbons (Fsp3) is 0.370. The van der Waals surface area contributed by atoms with Gasteiger partial charge in [-0.1, -0.05) is 36.8 Å². The van der Waals surface area contributed by atoms with Crippen molar-refractivity contribution >= 4 is 23.2 Å². The number of nitrogens with two attached hydrogens (primary N) is 1. The molecule has 1 fully saturated rings. The number of nitrogens with zero attached hydrogens (tertiary/aromatic N) is 3. The zero-order valence-electron chi connectivity index (χ0n) is 19.4. The standard InChI is InChI=1S/C27H31N5O2/c28-26(33)19-15-17-31(18-16-19)24-14-8-7-12-22(24)29-27(34)25-21-11-5-2-6-13-23(21)32(30-25)20-9-3-1-4-10-20/h1,3-4,7-10,12,14,19H,2,5-6,11,13,15-18H2,(H2,28,33)(H,29,34). The zero-order chi connectivity index (χ0) is 23.5. The summed E-state index contributed by atoms with van der Waals surface area (Å²) in [5.74, 6) is -0.473. The number of para-hydroxylation sites is 3. The summed E-state index contributed by atoms with van der Waals surface area (Å²) >= 11 is 0. The van der Waals surface area contributed by atoms with Gasteiger partial charge < -0.3 is 16.0 Å². The Morgan fingerprint density at radius 2 is 1.62 bits per heavy atom. The fourth-order valence-electron chi connectivity index (χ4n) is 5.18. The summed E-state index contributed by atoms with van der Waals surface area (Å²) < 4.78 is 1.95. The Morgan fingerprint density at radius 1 is 0.912 bits per heavy atom. The van der Waals surface area contributed by atoms with Crippen LogP contribution >= 0.6 is 0 Å². The molecule has 1 saturated heterocycles. The summed E-state index contributed by atoms with van der Waals surface area (Å²) in [6, 6.07) is 17.9. The maximum atomic E-state index is 13.6. The van der Waals surface area contributed by atoms with E-state index >= 15 is 0 Å². The average Bonchev–Trinajstić information content (AvgIpc) is 3.06. The van der Waals surface area contributed by atoms with E-state index in [0.29, 0.717) is 5.69 Å². The van der Waals surface area contributed by atoms with Crippen molar-refractivity contribution in [2.24, 2.45) is 11.7 Å². The van der Waals surface area contributed by atoms with Gasteiger partial charge in [-0.3, -0.25) is 9.59 Å². The van der Waals surface area contributed by atoms with Gasteiger partial charge in [0.1, 0.15) is 0 Å². The lowest BCUT2D eigenvalue weighted by atomic mass is 9.96. The van der Waals surface area contributed by atoms with Crippen LogP contribution in [0.5, 0.6) is 0 Å². The Morgan fingerprint density at radius 3 is 2.38 bits per heavy atom. The Bertz CT molecular complexity index is 1180. The van der Waals surface area contributed by atoms with Crippen LogP contribution in [0.25, 0.3) is 5.69 Å². The highest BCUT2D eigenvalue weighted by molar-refractivity contribution is 6.05. The Kier molecular flexibility index (Phi) is 6.34. The van der Waals surface area contributed by atoms with Crippen molar-refractivity contribution in [2.75, 3.05) is 23.3 Å². The minimum absolute atomic E-state index is 0.0737. The van der Waals surface area contributed by atoms with E-state index in [9.17, 15) is 9.59 Å². The van der Waals surface area contributed by atoms with Gasteiger partial charge in [-0.05, 0) is 62.8 Å². The van der Waals surface area contributed by atoms with Crippen LogP contribution < -0.4 is 16.0 Å². The second-order valence-electron chi connectivity index (χ2n) is 9.22. The van der Waals surface area contributed by atoms with Crippen molar-refractivity contribution in [2.45, 2.75) is 44.9 Å². The molecule has 0 spiro atoms. The number of anilines is 2. The van der Waals surface area contributed by atoms with Crippen LogP contribution in [0, 0.1) is 5.92 Å². The molecule has 2 aliphatic rings. The van der Waals surface area contributed by atoms with Crippen molar-refractivity contribution in [1.29, 1.82) is 0 Å².